The minimum atomic E-state index is 0.152. The van der Waals surface area contributed by atoms with E-state index >= 15 is 0 Å². The summed E-state index contributed by atoms with van der Waals surface area (Å²) in [5.74, 6) is 0.990. The minimum Gasteiger partial charge on any atom is -0.497 e. The molecule has 0 bridgehead atoms. The monoisotopic (exact) mass is 283 g/mol. The second-order valence-corrected chi connectivity index (χ2v) is 4.82. The van der Waals surface area contributed by atoms with E-state index in [4.69, 9.17) is 4.74 Å². The molecule has 3 heteroatoms. The Balaban J connectivity index is 1.96. The summed E-state index contributed by atoms with van der Waals surface area (Å²) >= 11 is 0. The first-order valence-corrected chi connectivity index (χ1v) is 7.23. The van der Waals surface area contributed by atoms with Gasteiger partial charge in [0.2, 0.25) is 5.91 Å². The fourth-order valence-corrected chi connectivity index (χ4v) is 2.29. The lowest BCUT2D eigenvalue weighted by atomic mass is 10.1. The van der Waals surface area contributed by atoms with Gasteiger partial charge in [0, 0.05) is 18.7 Å². The molecule has 0 aliphatic rings. The Labute approximate surface area is 126 Å². The van der Waals surface area contributed by atoms with E-state index in [0.29, 0.717) is 13.0 Å². The molecule has 0 saturated heterocycles. The fraction of sp³-hybridized carbons (Fsp3) is 0.278. The highest BCUT2D eigenvalue weighted by Gasteiger charge is 2.13. The van der Waals surface area contributed by atoms with Crippen molar-refractivity contribution >= 4 is 11.6 Å². The predicted molar refractivity (Wildman–Crippen MR) is 85.8 cm³/mol. The van der Waals surface area contributed by atoms with Crippen LogP contribution in [0.2, 0.25) is 0 Å². The minimum absolute atomic E-state index is 0.152. The smallest absolute Gasteiger partial charge is 0.227 e. The molecular formula is C18H21NO2. The molecule has 0 radical (unpaired) electrons. The third-order valence-electron chi connectivity index (χ3n) is 3.47. The Bertz CT molecular complexity index is 564. The number of amides is 1. The first-order chi connectivity index (χ1) is 10.2. The van der Waals surface area contributed by atoms with Crippen molar-refractivity contribution in [3.8, 4) is 5.75 Å². The summed E-state index contributed by atoms with van der Waals surface area (Å²) in [6.07, 6.45) is 1.25. The molecular weight excluding hydrogens is 262 g/mol. The maximum atomic E-state index is 12.4. The summed E-state index contributed by atoms with van der Waals surface area (Å²) in [6.45, 7) is 2.68. The zero-order valence-corrected chi connectivity index (χ0v) is 12.6. The van der Waals surface area contributed by atoms with Crippen LogP contribution in [0.5, 0.6) is 5.75 Å². The van der Waals surface area contributed by atoms with Crippen LogP contribution in [0.1, 0.15) is 18.9 Å². The van der Waals surface area contributed by atoms with Crippen molar-refractivity contribution in [1.82, 2.24) is 0 Å². The van der Waals surface area contributed by atoms with Crippen LogP contribution in [0, 0.1) is 0 Å². The molecule has 2 aromatic carbocycles. The van der Waals surface area contributed by atoms with Crippen LogP contribution in [0.3, 0.4) is 0 Å². The van der Waals surface area contributed by atoms with E-state index in [-0.39, 0.29) is 5.91 Å². The normalized spacial score (nSPS) is 10.2. The van der Waals surface area contributed by atoms with Gasteiger partial charge in [0.25, 0.3) is 0 Å². The number of carbonyl (C=O) groups excluding carboxylic acids is 1. The number of benzene rings is 2. The highest BCUT2D eigenvalue weighted by atomic mass is 16.5. The van der Waals surface area contributed by atoms with E-state index in [1.807, 2.05) is 66.4 Å². The van der Waals surface area contributed by atoms with E-state index < -0.39 is 0 Å². The van der Waals surface area contributed by atoms with Gasteiger partial charge >= 0.3 is 0 Å². The molecule has 0 aromatic heterocycles. The Morgan fingerprint density at radius 3 is 2.29 bits per heavy atom. The number of para-hydroxylation sites is 1. The molecule has 0 heterocycles. The first kappa shape index (κ1) is 15.1. The second-order valence-electron chi connectivity index (χ2n) is 4.82. The Kier molecular flexibility index (Phi) is 5.38. The van der Waals surface area contributed by atoms with Crippen LogP contribution in [-0.2, 0) is 11.2 Å². The van der Waals surface area contributed by atoms with Crippen molar-refractivity contribution in [2.75, 3.05) is 18.6 Å². The van der Waals surface area contributed by atoms with Crippen LogP contribution in [0.4, 0.5) is 5.69 Å². The average Bonchev–Trinajstić information content (AvgIpc) is 2.55. The van der Waals surface area contributed by atoms with Gasteiger partial charge < -0.3 is 9.64 Å². The molecule has 0 atom stereocenters. The molecule has 3 nitrogen and oxygen atoms in total. The van der Waals surface area contributed by atoms with E-state index in [1.165, 1.54) is 0 Å². The number of nitrogens with zero attached hydrogens (tertiary/aromatic N) is 1. The number of ether oxygens (including phenoxy) is 1. The van der Waals surface area contributed by atoms with Crippen molar-refractivity contribution in [1.29, 1.82) is 0 Å². The van der Waals surface area contributed by atoms with E-state index in [9.17, 15) is 4.79 Å². The summed E-state index contributed by atoms with van der Waals surface area (Å²) in [4.78, 5) is 14.2. The zero-order chi connectivity index (χ0) is 15.1. The number of methoxy groups -OCH3 is 1. The lowest BCUT2D eigenvalue weighted by molar-refractivity contribution is -0.118. The lowest BCUT2D eigenvalue weighted by Crippen LogP contribution is -2.30. The SMILES string of the molecule is CCN(C(=O)CCc1ccc(OC)cc1)c1ccccc1. The van der Waals surface area contributed by atoms with Gasteiger partial charge in [0.05, 0.1) is 7.11 Å². The van der Waals surface area contributed by atoms with Crippen LogP contribution in [0.25, 0.3) is 0 Å². The third kappa shape index (κ3) is 4.09. The molecule has 0 saturated carbocycles. The highest BCUT2D eigenvalue weighted by molar-refractivity contribution is 5.93. The van der Waals surface area contributed by atoms with Gasteiger partial charge in [-0.3, -0.25) is 4.79 Å². The largest absolute Gasteiger partial charge is 0.497 e. The number of aryl methyl sites for hydroxylation is 1. The third-order valence-corrected chi connectivity index (χ3v) is 3.47. The molecule has 0 N–H and O–H groups in total. The summed E-state index contributed by atoms with van der Waals surface area (Å²) < 4.78 is 5.13. The van der Waals surface area contributed by atoms with E-state index in [2.05, 4.69) is 0 Å². The van der Waals surface area contributed by atoms with Crippen molar-refractivity contribution in [3.63, 3.8) is 0 Å². The van der Waals surface area contributed by atoms with Gasteiger partial charge in [-0.1, -0.05) is 30.3 Å². The summed E-state index contributed by atoms with van der Waals surface area (Å²) in [7, 11) is 1.65. The second kappa shape index (κ2) is 7.48. The van der Waals surface area contributed by atoms with Gasteiger partial charge in [0.15, 0.2) is 0 Å². The van der Waals surface area contributed by atoms with Gasteiger partial charge in [-0.15, -0.1) is 0 Å². The average molecular weight is 283 g/mol. The summed E-state index contributed by atoms with van der Waals surface area (Å²) in [5.41, 5.74) is 2.10. The summed E-state index contributed by atoms with van der Waals surface area (Å²) in [5, 5.41) is 0. The number of hydrogen-bond donors (Lipinski definition) is 0. The van der Waals surface area contributed by atoms with Crippen LogP contribution < -0.4 is 9.64 Å². The summed E-state index contributed by atoms with van der Waals surface area (Å²) in [6, 6.07) is 17.7. The molecule has 0 fully saturated rings. The molecule has 2 rings (SSSR count). The predicted octanol–water partition coefficient (Wildman–Crippen LogP) is 3.68. The van der Waals surface area contributed by atoms with Gasteiger partial charge in [-0.25, -0.2) is 0 Å². The van der Waals surface area contributed by atoms with Gasteiger partial charge in [-0.2, -0.15) is 0 Å². The Hall–Kier alpha value is -2.29. The molecule has 2 aromatic rings. The van der Waals surface area contributed by atoms with E-state index in [0.717, 1.165) is 23.4 Å². The molecule has 110 valence electrons. The Morgan fingerprint density at radius 1 is 1.05 bits per heavy atom. The van der Waals surface area contributed by atoms with Crippen molar-refractivity contribution < 1.29 is 9.53 Å². The lowest BCUT2D eigenvalue weighted by Gasteiger charge is -2.21. The molecule has 0 aliphatic carbocycles. The van der Waals surface area contributed by atoms with Crippen LogP contribution >= 0.6 is 0 Å². The fourth-order valence-electron chi connectivity index (χ4n) is 2.29. The van der Waals surface area contributed by atoms with Crippen molar-refractivity contribution in [3.05, 3.63) is 60.2 Å². The number of hydrogen-bond acceptors (Lipinski definition) is 2. The topological polar surface area (TPSA) is 29.5 Å². The molecule has 0 spiro atoms. The van der Waals surface area contributed by atoms with Gasteiger partial charge in [0.1, 0.15) is 5.75 Å². The maximum absolute atomic E-state index is 12.4. The first-order valence-electron chi connectivity index (χ1n) is 7.23. The highest BCUT2D eigenvalue weighted by Crippen LogP contribution is 2.16. The molecule has 0 unspecified atom stereocenters. The number of carbonyl (C=O) groups is 1. The van der Waals surface area contributed by atoms with Crippen LogP contribution in [-0.4, -0.2) is 19.6 Å². The quantitative estimate of drug-likeness (QED) is 0.809. The van der Waals surface area contributed by atoms with Crippen molar-refractivity contribution in [2.24, 2.45) is 0 Å². The maximum Gasteiger partial charge on any atom is 0.227 e. The molecule has 21 heavy (non-hydrogen) atoms. The number of rotatable bonds is 6. The number of anilines is 1. The molecule has 1 amide bonds. The van der Waals surface area contributed by atoms with Gasteiger partial charge in [-0.05, 0) is 43.2 Å². The molecule has 0 aliphatic heterocycles. The Morgan fingerprint density at radius 2 is 1.71 bits per heavy atom. The zero-order valence-electron chi connectivity index (χ0n) is 12.6. The van der Waals surface area contributed by atoms with Crippen LogP contribution in [0.15, 0.2) is 54.6 Å². The standard InChI is InChI=1S/C18H21NO2/c1-3-19(16-7-5-4-6-8-16)18(20)14-11-15-9-12-17(21-2)13-10-15/h4-10,12-13H,3,11,14H2,1-2H3. The van der Waals surface area contributed by atoms with E-state index in [1.54, 1.807) is 7.11 Å². The van der Waals surface area contributed by atoms with Crippen molar-refractivity contribution in [2.45, 2.75) is 19.8 Å².